The Kier molecular flexibility index (Phi) is 8.70. The lowest BCUT2D eigenvalue weighted by Crippen LogP contribution is -2.13. The predicted octanol–water partition coefficient (Wildman–Crippen LogP) is 0.645. The number of carbonyl (C=O) groups excluding carboxylic acids is 4. The normalized spacial score (nSPS) is 9.91. The van der Waals surface area contributed by atoms with Crippen LogP contribution in [0.3, 0.4) is 0 Å². The van der Waals surface area contributed by atoms with Gasteiger partial charge in [-0.3, -0.25) is 24.4 Å². The molecule has 0 aliphatic rings. The van der Waals surface area contributed by atoms with Crippen molar-refractivity contribution < 1.29 is 33.4 Å². The topological polar surface area (TPSA) is 183 Å². The van der Waals surface area contributed by atoms with Gasteiger partial charge in [0.25, 0.3) is 18.9 Å². The standard InChI is InChI=1S/C10H9N3O4.C9H8N4O3.CH4/c1-16-10(15)9-8-7(3-2-4-11-8)13(12-9)5-17-6-14;10-9(15)8-7-6(2-1-3-11-7)13(12-8)4-16-5-14;/h2-4,6H,5H2,1H3;1-3,5H,4H2,(H2,10,15);1H4. The van der Waals surface area contributed by atoms with E-state index in [9.17, 15) is 19.2 Å². The second-order valence-electron chi connectivity index (χ2n) is 6.08. The number of ether oxygens (including phenoxy) is 3. The summed E-state index contributed by atoms with van der Waals surface area (Å²) in [6.07, 6.45) is 3.07. The molecule has 0 fully saturated rings. The van der Waals surface area contributed by atoms with Crippen molar-refractivity contribution in [1.82, 2.24) is 29.5 Å². The van der Waals surface area contributed by atoms with Crippen molar-refractivity contribution in [3.05, 3.63) is 48.0 Å². The highest BCUT2D eigenvalue weighted by Crippen LogP contribution is 2.17. The Labute approximate surface area is 192 Å². The van der Waals surface area contributed by atoms with Gasteiger partial charge in [0.2, 0.25) is 0 Å². The number of amides is 1. The number of esters is 1. The van der Waals surface area contributed by atoms with E-state index < -0.39 is 11.9 Å². The van der Waals surface area contributed by atoms with E-state index in [1.54, 1.807) is 30.5 Å². The molecule has 34 heavy (non-hydrogen) atoms. The van der Waals surface area contributed by atoms with Crippen molar-refractivity contribution in [2.75, 3.05) is 7.11 Å². The fourth-order valence-corrected chi connectivity index (χ4v) is 2.82. The Morgan fingerprint density at radius 1 is 0.912 bits per heavy atom. The Balaban J connectivity index is 0.000000234. The van der Waals surface area contributed by atoms with E-state index in [0.29, 0.717) is 35.0 Å². The molecule has 14 nitrogen and oxygen atoms in total. The van der Waals surface area contributed by atoms with Crippen molar-refractivity contribution in [1.29, 1.82) is 0 Å². The van der Waals surface area contributed by atoms with Gasteiger partial charge in [-0.25, -0.2) is 14.2 Å². The van der Waals surface area contributed by atoms with Crippen LogP contribution in [0.4, 0.5) is 0 Å². The third-order valence-corrected chi connectivity index (χ3v) is 4.16. The van der Waals surface area contributed by atoms with Crippen molar-refractivity contribution in [2.24, 2.45) is 5.73 Å². The quantitative estimate of drug-likeness (QED) is 0.216. The molecule has 0 saturated heterocycles. The number of aromatic nitrogens is 6. The zero-order valence-electron chi connectivity index (χ0n) is 17.2. The molecule has 0 aliphatic heterocycles. The zero-order valence-corrected chi connectivity index (χ0v) is 17.2. The van der Waals surface area contributed by atoms with E-state index in [1.807, 2.05) is 0 Å². The van der Waals surface area contributed by atoms with Gasteiger partial charge in [0, 0.05) is 12.4 Å². The summed E-state index contributed by atoms with van der Waals surface area (Å²) < 4.78 is 16.5. The van der Waals surface area contributed by atoms with Crippen molar-refractivity contribution in [3.63, 3.8) is 0 Å². The highest BCUT2D eigenvalue weighted by atomic mass is 16.5. The molecule has 0 saturated carbocycles. The predicted molar refractivity (Wildman–Crippen MR) is 116 cm³/mol. The molecule has 1 amide bonds. The summed E-state index contributed by atoms with van der Waals surface area (Å²) in [7, 11) is 1.26. The van der Waals surface area contributed by atoms with E-state index in [4.69, 9.17) is 5.73 Å². The van der Waals surface area contributed by atoms with E-state index in [2.05, 4.69) is 34.4 Å². The van der Waals surface area contributed by atoms with Gasteiger partial charge in [0.15, 0.2) is 24.8 Å². The van der Waals surface area contributed by atoms with E-state index in [0.717, 1.165) is 0 Å². The lowest BCUT2D eigenvalue weighted by Gasteiger charge is -1.99. The first-order chi connectivity index (χ1) is 16.0. The molecule has 2 N–H and O–H groups in total. The molecule has 4 heterocycles. The summed E-state index contributed by atoms with van der Waals surface area (Å²) in [4.78, 5) is 50.8. The number of methoxy groups -OCH3 is 1. The molecular weight excluding hydrogens is 450 g/mol. The second kappa shape index (κ2) is 11.7. The summed E-state index contributed by atoms with van der Waals surface area (Å²) in [6, 6.07) is 6.81. The van der Waals surface area contributed by atoms with Gasteiger partial charge in [0.05, 0.1) is 18.1 Å². The molecule has 178 valence electrons. The molecule has 0 atom stereocenters. The van der Waals surface area contributed by atoms with Crippen molar-refractivity contribution >= 4 is 46.9 Å². The number of carbonyl (C=O) groups is 4. The number of fused-ring (bicyclic) bond motifs is 2. The van der Waals surface area contributed by atoms with Gasteiger partial charge in [-0.05, 0) is 24.3 Å². The zero-order chi connectivity index (χ0) is 23.8. The maximum absolute atomic E-state index is 11.5. The maximum atomic E-state index is 11.5. The Morgan fingerprint density at radius 3 is 1.82 bits per heavy atom. The van der Waals surface area contributed by atoms with Gasteiger partial charge in [-0.1, -0.05) is 7.43 Å². The number of primary amides is 1. The van der Waals surface area contributed by atoms with Crippen LogP contribution >= 0.6 is 0 Å². The van der Waals surface area contributed by atoms with Crippen LogP contribution in [-0.4, -0.2) is 61.5 Å². The van der Waals surface area contributed by atoms with Crippen LogP contribution in [0.25, 0.3) is 22.1 Å². The molecule has 0 aliphatic carbocycles. The first-order valence-corrected chi connectivity index (χ1v) is 9.13. The largest absolute Gasteiger partial charge is 0.464 e. The number of nitrogens with two attached hydrogens (primary N) is 1. The smallest absolute Gasteiger partial charge is 0.360 e. The summed E-state index contributed by atoms with van der Waals surface area (Å²) in [5.74, 6) is -1.26. The number of rotatable bonds is 8. The lowest BCUT2D eigenvalue weighted by atomic mass is 10.3. The van der Waals surface area contributed by atoms with Crippen LogP contribution < -0.4 is 5.73 Å². The number of nitrogens with zero attached hydrogens (tertiary/aromatic N) is 6. The minimum absolute atomic E-state index is 0. The Morgan fingerprint density at radius 2 is 1.38 bits per heavy atom. The number of pyridine rings is 2. The molecule has 0 bridgehead atoms. The van der Waals surface area contributed by atoms with Gasteiger partial charge < -0.3 is 19.9 Å². The van der Waals surface area contributed by atoms with Crippen LogP contribution in [0.1, 0.15) is 28.4 Å². The highest BCUT2D eigenvalue weighted by Gasteiger charge is 2.18. The Bertz CT molecular complexity index is 1320. The van der Waals surface area contributed by atoms with Gasteiger partial charge >= 0.3 is 5.97 Å². The monoisotopic (exact) mass is 471 g/mol. The first kappa shape index (κ1) is 25.4. The second-order valence-corrected chi connectivity index (χ2v) is 6.08. The number of hydrogen-bond donors (Lipinski definition) is 1. The highest BCUT2D eigenvalue weighted by molar-refractivity contribution is 6.02. The van der Waals surface area contributed by atoms with Crippen molar-refractivity contribution in [2.45, 2.75) is 20.9 Å². The van der Waals surface area contributed by atoms with Gasteiger partial charge in [-0.15, -0.1) is 0 Å². The third-order valence-electron chi connectivity index (χ3n) is 4.16. The fraction of sp³-hybridized carbons (Fsp3) is 0.200. The number of hydrogen-bond acceptors (Lipinski definition) is 11. The fourth-order valence-electron chi connectivity index (χ4n) is 2.82. The minimum atomic E-state index is -0.673. The first-order valence-electron chi connectivity index (χ1n) is 9.13. The molecule has 0 radical (unpaired) electrons. The molecule has 4 aromatic heterocycles. The third kappa shape index (κ3) is 5.29. The molecule has 14 heteroatoms. The van der Waals surface area contributed by atoms with Crippen LogP contribution in [0.2, 0.25) is 0 Å². The maximum Gasteiger partial charge on any atom is 0.360 e. The molecule has 0 unspecified atom stereocenters. The summed E-state index contributed by atoms with van der Waals surface area (Å²) in [5.41, 5.74) is 7.29. The summed E-state index contributed by atoms with van der Waals surface area (Å²) in [6.45, 7) is 0.442. The molecule has 0 spiro atoms. The summed E-state index contributed by atoms with van der Waals surface area (Å²) in [5, 5.41) is 7.92. The van der Waals surface area contributed by atoms with Crippen LogP contribution in [0.15, 0.2) is 36.7 Å². The van der Waals surface area contributed by atoms with Gasteiger partial charge in [0.1, 0.15) is 11.0 Å². The van der Waals surface area contributed by atoms with Crippen molar-refractivity contribution in [3.8, 4) is 0 Å². The van der Waals surface area contributed by atoms with E-state index in [1.165, 1.54) is 22.7 Å². The average Bonchev–Trinajstić information content (AvgIpc) is 3.40. The van der Waals surface area contributed by atoms with Crippen LogP contribution in [-0.2, 0) is 37.3 Å². The van der Waals surface area contributed by atoms with Crippen LogP contribution in [0.5, 0.6) is 0 Å². The summed E-state index contributed by atoms with van der Waals surface area (Å²) >= 11 is 0. The molecule has 0 aromatic carbocycles. The molecule has 4 rings (SSSR count). The Hall–Kier alpha value is -4.88. The minimum Gasteiger partial charge on any atom is -0.464 e. The van der Waals surface area contributed by atoms with Crippen LogP contribution in [0, 0.1) is 0 Å². The molecule has 4 aromatic rings. The SMILES string of the molecule is C.COC(=O)c1nn(COC=O)c2cccnc12.NC(=O)c1nn(COC=O)c2cccnc12. The van der Waals surface area contributed by atoms with E-state index in [-0.39, 0.29) is 32.3 Å². The lowest BCUT2D eigenvalue weighted by molar-refractivity contribution is -0.133. The van der Waals surface area contributed by atoms with Gasteiger partial charge in [-0.2, -0.15) is 10.2 Å². The van der Waals surface area contributed by atoms with E-state index >= 15 is 0 Å². The molecular formula is C20H21N7O7. The average molecular weight is 471 g/mol.